The zero-order valence-corrected chi connectivity index (χ0v) is 14.5. The first kappa shape index (κ1) is 17.9. The van der Waals surface area contributed by atoms with Gasteiger partial charge in [-0.3, -0.25) is 0 Å². The van der Waals surface area contributed by atoms with Crippen molar-refractivity contribution >= 4 is 22.6 Å². The van der Waals surface area contributed by atoms with Crippen LogP contribution in [-0.4, -0.2) is 58.6 Å². The molecule has 1 aliphatic heterocycles. The summed E-state index contributed by atoms with van der Waals surface area (Å²) >= 11 is 5.85. The quantitative estimate of drug-likeness (QED) is 0.312. The molecular formula is C16H16ClN5O5. The van der Waals surface area contributed by atoms with E-state index in [-0.39, 0.29) is 5.49 Å². The van der Waals surface area contributed by atoms with E-state index >= 15 is 0 Å². The van der Waals surface area contributed by atoms with Gasteiger partial charge >= 0.3 is 0 Å². The Morgan fingerprint density at radius 2 is 1.96 bits per heavy atom. The summed E-state index contributed by atoms with van der Waals surface area (Å²) in [5, 5.41) is 48.6. The highest BCUT2D eigenvalue weighted by molar-refractivity contribution is 6.30. The monoisotopic (exact) mass is 393 g/mol. The predicted octanol–water partition coefficient (Wildman–Crippen LogP) is 0.0555. The van der Waals surface area contributed by atoms with Gasteiger partial charge in [-0.15, -0.1) is 0 Å². The van der Waals surface area contributed by atoms with E-state index in [2.05, 4.69) is 20.2 Å². The average Bonchev–Trinajstić information content (AvgIpc) is 3.23. The van der Waals surface area contributed by atoms with Gasteiger partial charge in [-0.1, -0.05) is 28.9 Å². The van der Waals surface area contributed by atoms with Crippen molar-refractivity contribution in [2.75, 3.05) is 0 Å². The molecule has 0 spiro atoms. The van der Waals surface area contributed by atoms with Crippen LogP contribution in [0.3, 0.4) is 0 Å². The second kappa shape index (κ2) is 6.91. The summed E-state index contributed by atoms with van der Waals surface area (Å²) < 4.78 is 7.04. The molecular weight excluding hydrogens is 378 g/mol. The van der Waals surface area contributed by atoms with Crippen LogP contribution in [0.25, 0.3) is 11.0 Å². The lowest BCUT2D eigenvalue weighted by Crippen LogP contribution is -2.35. The van der Waals surface area contributed by atoms with E-state index in [1.807, 2.05) is 0 Å². The van der Waals surface area contributed by atoms with Crippen LogP contribution in [0, 0.1) is 0 Å². The highest BCUT2D eigenvalue weighted by Crippen LogP contribution is 2.36. The number of hydrogen-bond acceptors (Lipinski definition) is 8. The lowest BCUT2D eigenvalue weighted by molar-refractivity contribution is -0.0884. The Morgan fingerprint density at radius 3 is 2.67 bits per heavy atom. The van der Waals surface area contributed by atoms with Crippen molar-refractivity contribution < 1.29 is 25.3 Å². The Balaban J connectivity index is 1.67. The largest absolute Gasteiger partial charge is 0.409 e. The lowest BCUT2D eigenvalue weighted by atomic mass is 9.99. The van der Waals surface area contributed by atoms with E-state index in [1.54, 1.807) is 24.3 Å². The maximum atomic E-state index is 10.6. The van der Waals surface area contributed by atoms with Crippen LogP contribution in [0.1, 0.15) is 17.9 Å². The Hall–Kier alpha value is -2.50. The summed E-state index contributed by atoms with van der Waals surface area (Å²) in [5.74, 6) is 0. The number of aliphatic hydroxyl groups is 3. The molecule has 27 heavy (non-hydrogen) atoms. The summed E-state index contributed by atoms with van der Waals surface area (Å²) in [7, 11) is 0. The number of aliphatic hydroxyl groups excluding tert-OH is 3. The second-order valence-electron chi connectivity index (χ2n) is 6.15. The van der Waals surface area contributed by atoms with E-state index in [0.29, 0.717) is 21.6 Å². The maximum absolute atomic E-state index is 10.6. The Morgan fingerprint density at radius 1 is 1.22 bits per heavy atom. The number of ether oxygens (including phenoxy) is 1. The summed E-state index contributed by atoms with van der Waals surface area (Å²) in [6.07, 6.45) is -3.37. The third kappa shape index (κ3) is 2.97. The van der Waals surface area contributed by atoms with Gasteiger partial charge in [0.05, 0.1) is 17.9 Å². The number of halogens is 1. The second-order valence-corrected chi connectivity index (χ2v) is 6.58. The molecule has 11 heteroatoms. The fourth-order valence-electron chi connectivity index (χ4n) is 3.16. The highest BCUT2D eigenvalue weighted by atomic mass is 35.5. The van der Waals surface area contributed by atoms with Crippen molar-refractivity contribution in [1.29, 1.82) is 0 Å². The molecule has 0 radical (unpaired) electrons. The van der Waals surface area contributed by atoms with E-state index in [9.17, 15) is 15.3 Å². The molecule has 1 saturated heterocycles. The van der Waals surface area contributed by atoms with Gasteiger partial charge in [-0.2, -0.15) is 5.10 Å². The minimum Gasteiger partial charge on any atom is -0.409 e. The van der Waals surface area contributed by atoms with Crippen molar-refractivity contribution in [2.45, 2.75) is 30.6 Å². The standard InChI is InChI=1S/C16H16ClN5O5/c17-8-3-1-7(2-4-8)10(23)13-11(24)12(25)16(27-13)22-15-9(5-20-22)14(21-26)18-6-19-15/h1-6,10-13,16,23-26H,(H,18,19,21)/t10-,11+,12-,13-,16-/m1/s1. The molecule has 0 saturated carbocycles. The summed E-state index contributed by atoms with van der Waals surface area (Å²) in [4.78, 5) is 6.70. The van der Waals surface area contributed by atoms with Gasteiger partial charge < -0.3 is 30.2 Å². The van der Waals surface area contributed by atoms with Gasteiger partial charge in [-0.05, 0) is 17.7 Å². The molecule has 1 fully saturated rings. The van der Waals surface area contributed by atoms with Crippen LogP contribution in [0.15, 0.2) is 41.9 Å². The number of aromatic amines is 1. The summed E-state index contributed by atoms with van der Waals surface area (Å²) in [6.45, 7) is 0. The number of benzene rings is 1. The number of rotatable bonds is 3. The van der Waals surface area contributed by atoms with Crippen molar-refractivity contribution in [2.24, 2.45) is 5.16 Å². The molecule has 10 nitrogen and oxygen atoms in total. The average molecular weight is 394 g/mol. The van der Waals surface area contributed by atoms with E-state index in [1.165, 1.54) is 17.2 Å². The number of nitrogens with one attached hydrogen (secondary N) is 1. The molecule has 3 aromatic rings. The zero-order chi connectivity index (χ0) is 19.1. The first-order valence-corrected chi connectivity index (χ1v) is 8.43. The molecule has 4 rings (SSSR count). The van der Waals surface area contributed by atoms with E-state index in [4.69, 9.17) is 21.5 Å². The lowest BCUT2D eigenvalue weighted by Gasteiger charge is -2.21. The van der Waals surface area contributed by atoms with E-state index in [0.717, 1.165) is 0 Å². The minimum atomic E-state index is -1.36. The summed E-state index contributed by atoms with van der Waals surface area (Å²) in [5.41, 5.74) is 0.898. The minimum absolute atomic E-state index is 0.0424. The Labute approximate surface area is 156 Å². The number of fused-ring (bicyclic) bond motifs is 1. The molecule has 3 heterocycles. The maximum Gasteiger partial charge on any atom is 0.205 e. The van der Waals surface area contributed by atoms with Crippen molar-refractivity contribution in [3.8, 4) is 0 Å². The number of aromatic nitrogens is 4. The van der Waals surface area contributed by atoms with Crippen molar-refractivity contribution in [3.05, 3.63) is 52.9 Å². The van der Waals surface area contributed by atoms with Crippen LogP contribution in [0.2, 0.25) is 5.02 Å². The van der Waals surface area contributed by atoms with Crippen molar-refractivity contribution in [1.82, 2.24) is 19.7 Å². The number of nitrogens with zero attached hydrogens (tertiary/aromatic N) is 4. The predicted molar refractivity (Wildman–Crippen MR) is 91.6 cm³/mol. The van der Waals surface area contributed by atoms with Gasteiger partial charge in [0.1, 0.15) is 30.1 Å². The Bertz CT molecular complexity index is 1020. The highest BCUT2D eigenvalue weighted by Gasteiger charge is 2.48. The molecule has 5 atom stereocenters. The van der Waals surface area contributed by atoms with Crippen LogP contribution < -0.4 is 5.49 Å². The fraction of sp³-hybridized carbons (Fsp3) is 0.312. The van der Waals surface area contributed by atoms with Crippen LogP contribution in [0.5, 0.6) is 0 Å². The molecule has 0 bridgehead atoms. The molecule has 5 N–H and O–H groups in total. The molecule has 0 aliphatic carbocycles. The molecule has 0 unspecified atom stereocenters. The number of H-pyrrole nitrogens is 1. The van der Waals surface area contributed by atoms with Crippen molar-refractivity contribution in [3.63, 3.8) is 0 Å². The molecule has 142 valence electrons. The smallest absolute Gasteiger partial charge is 0.205 e. The third-order valence-corrected chi connectivity index (χ3v) is 4.81. The first-order chi connectivity index (χ1) is 13.0. The van der Waals surface area contributed by atoms with Gasteiger partial charge in [0.2, 0.25) is 5.49 Å². The fourth-order valence-corrected chi connectivity index (χ4v) is 3.29. The van der Waals surface area contributed by atoms with Gasteiger partial charge in [0.15, 0.2) is 6.23 Å². The van der Waals surface area contributed by atoms with Crippen LogP contribution in [-0.2, 0) is 4.74 Å². The first-order valence-electron chi connectivity index (χ1n) is 8.05. The van der Waals surface area contributed by atoms with Gasteiger partial charge in [0.25, 0.3) is 0 Å². The molecule has 2 aromatic heterocycles. The molecule has 1 aliphatic rings. The third-order valence-electron chi connectivity index (χ3n) is 4.56. The molecule has 0 amide bonds. The SMILES string of the molecule is O/N=c1/nc[nH]c2c1cnn2[C@@H]1O[C@H]([C@H](O)c2ccc(Cl)cc2)[C@@H](O)[C@H]1O. The van der Waals surface area contributed by atoms with Crippen LogP contribution >= 0.6 is 11.6 Å². The Kier molecular flexibility index (Phi) is 4.58. The zero-order valence-electron chi connectivity index (χ0n) is 13.7. The molecule has 1 aromatic carbocycles. The summed E-state index contributed by atoms with van der Waals surface area (Å²) in [6, 6.07) is 6.44. The topological polar surface area (TPSA) is 149 Å². The van der Waals surface area contributed by atoms with Gasteiger partial charge in [0, 0.05) is 5.02 Å². The van der Waals surface area contributed by atoms with E-state index < -0.39 is 30.6 Å². The van der Waals surface area contributed by atoms with Gasteiger partial charge in [-0.25, -0.2) is 9.67 Å². The van der Waals surface area contributed by atoms with Crippen LogP contribution in [0.4, 0.5) is 0 Å². The number of hydrogen-bond donors (Lipinski definition) is 5. The normalized spacial score (nSPS) is 27.3.